The summed E-state index contributed by atoms with van der Waals surface area (Å²) in [4.78, 5) is 8.49. The molecule has 6 nitrogen and oxygen atoms in total. The number of ether oxygens (including phenoxy) is 3. The molecule has 0 amide bonds. The molecule has 0 saturated carbocycles. The average molecular weight is 408 g/mol. The van der Waals surface area contributed by atoms with E-state index < -0.39 is 5.82 Å². The maximum atomic E-state index is 14.3. The van der Waals surface area contributed by atoms with Crippen molar-refractivity contribution in [2.75, 3.05) is 26.6 Å². The maximum Gasteiger partial charge on any atom is 0.205 e. The van der Waals surface area contributed by atoms with Crippen LogP contribution in [0.4, 0.5) is 15.9 Å². The topological polar surface area (TPSA) is 65.5 Å². The Morgan fingerprint density at radius 3 is 2.48 bits per heavy atom. The molecule has 0 aliphatic rings. The second kappa shape index (κ2) is 7.10. The van der Waals surface area contributed by atoms with Crippen LogP contribution in [0.15, 0.2) is 35.1 Å². The Kier molecular flexibility index (Phi) is 4.89. The number of rotatable bonds is 5. The van der Waals surface area contributed by atoms with Crippen molar-refractivity contribution in [3.8, 4) is 17.2 Å². The summed E-state index contributed by atoms with van der Waals surface area (Å²) in [5.74, 6) is 1.30. The zero-order valence-electron chi connectivity index (χ0n) is 13.8. The van der Waals surface area contributed by atoms with Crippen molar-refractivity contribution in [3.05, 3.63) is 40.9 Å². The number of halogens is 2. The van der Waals surface area contributed by atoms with Gasteiger partial charge < -0.3 is 19.5 Å². The van der Waals surface area contributed by atoms with Gasteiger partial charge in [0.25, 0.3) is 0 Å². The lowest BCUT2D eigenvalue weighted by Gasteiger charge is -2.16. The largest absolute Gasteiger partial charge is 0.493 e. The van der Waals surface area contributed by atoms with Gasteiger partial charge in [-0.05, 0) is 34.1 Å². The van der Waals surface area contributed by atoms with Crippen molar-refractivity contribution in [3.63, 3.8) is 0 Å². The smallest absolute Gasteiger partial charge is 0.205 e. The fourth-order valence-electron chi connectivity index (χ4n) is 2.49. The van der Waals surface area contributed by atoms with E-state index in [0.29, 0.717) is 38.4 Å². The molecular weight excluding hydrogens is 393 g/mol. The second-order valence-corrected chi connectivity index (χ2v) is 5.84. The molecule has 3 aromatic rings. The Morgan fingerprint density at radius 2 is 1.80 bits per heavy atom. The molecule has 0 unspecified atom stereocenters. The van der Waals surface area contributed by atoms with Crippen LogP contribution in [0.3, 0.4) is 0 Å². The molecule has 0 radical (unpaired) electrons. The quantitative estimate of drug-likeness (QED) is 0.679. The number of fused-ring (bicyclic) bond motifs is 1. The fraction of sp³-hybridized carbons (Fsp3) is 0.176. The molecule has 1 N–H and O–H groups in total. The lowest BCUT2D eigenvalue weighted by Crippen LogP contribution is -2.01. The summed E-state index contributed by atoms with van der Waals surface area (Å²) in [7, 11) is 4.55. The number of nitrogens with zero attached hydrogens (tertiary/aromatic N) is 2. The molecule has 0 aliphatic heterocycles. The van der Waals surface area contributed by atoms with Gasteiger partial charge in [-0.1, -0.05) is 6.07 Å². The summed E-state index contributed by atoms with van der Waals surface area (Å²) in [5.41, 5.74) is 0.802. The normalized spacial score (nSPS) is 10.6. The Morgan fingerprint density at radius 1 is 1.04 bits per heavy atom. The van der Waals surface area contributed by atoms with E-state index in [0.717, 1.165) is 0 Å². The molecule has 8 heteroatoms. The van der Waals surface area contributed by atoms with Crippen LogP contribution in [0, 0.1) is 5.82 Å². The molecule has 0 saturated heterocycles. The second-order valence-electron chi connectivity index (χ2n) is 4.99. The molecule has 0 atom stereocenters. The number of methoxy groups -OCH3 is 3. The van der Waals surface area contributed by atoms with Crippen LogP contribution in [0.25, 0.3) is 10.9 Å². The molecule has 2 aromatic carbocycles. The summed E-state index contributed by atoms with van der Waals surface area (Å²) >= 11 is 3.17. The van der Waals surface area contributed by atoms with E-state index >= 15 is 0 Å². The van der Waals surface area contributed by atoms with Gasteiger partial charge in [0.1, 0.15) is 17.7 Å². The van der Waals surface area contributed by atoms with Crippen molar-refractivity contribution >= 4 is 38.3 Å². The molecule has 0 spiro atoms. The van der Waals surface area contributed by atoms with E-state index in [1.165, 1.54) is 27.7 Å². The lowest BCUT2D eigenvalue weighted by atomic mass is 10.1. The van der Waals surface area contributed by atoms with Crippen molar-refractivity contribution in [1.29, 1.82) is 0 Å². The zero-order valence-corrected chi connectivity index (χ0v) is 15.3. The van der Waals surface area contributed by atoms with Crippen LogP contribution in [-0.2, 0) is 0 Å². The Labute approximate surface area is 152 Å². The van der Waals surface area contributed by atoms with Gasteiger partial charge in [0.2, 0.25) is 5.75 Å². The van der Waals surface area contributed by atoms with Crippen molar-refractivity contribution in [2.45, 2.75) is 0 Å². The molecule has 25 heavy (non-hydrogen) atoms. The number of hydrogen-bond acceptors (Lipinski definition) is 6. The van der Waals surface area contributed by atoms with Crippen LogP contribution in [0.5, 0.6) is 17.2 Å². The molecule has 0 aliphatic carbocycles. The average Bonchev–Trinajstić information content (AvgIpc) is 2.63. The molecule has 0 bridgehead atoms. The highest BCUT2D eigenvalue weighted by Gasteiger charge is 2.20. The third-order valence-corrected chi connectivity index (χ3v) is 4.25. The Balaban J connectivity index is 2.21. The van der Waals surface area contributed by atoms with Crippen LogP contribution in [-0.4, -0.2) is 31.3 Å². The minimum atomic E-state index is -0.415. The molecule has 3 rings (SSSR count). The summed E-state index contributed by atoms with van der Waals surface area (Å²) in [6, 6.07) is 6.68. The zero-order chi connectivity index (χ0) is 18.0. The summed E-state index contributed by atoms with van der Waals surface area (Å²) in [5, 5.41) is 3.60. The first-order valence-corrected chi connectivity index (χ1v) is 8.04. The van der Waals surface area contributed by atoms with E-state index in [1.54, 1.807) is 24.3 Å². The van der Waals surface area contributed by atoms with E-state index in [-0.39, 0.29) is 5.69 Å². The maximum absolute atomic E-state index is 14.3. The molecule has 130 valence electrons. The first-order chi connectivity index (χ1) is 12.1. The summed E-state index contributed by atoms with van der Waals surface area (Å²) in [6.07, 6.45) is 1.37. The van der Waals surface area contributed by atoms with Gasteiger partial charge in [-0.3, -0.25) is 0 Å². The summed E-state index contributed by atoms with van der Waals surface area (Å²) < 4.78 is 30.8. The van der Waals surface area contributed by atoms with Crippen LogP contribution in [0.1, 0.15) is 0 Å². The third-order valence-electron chi connectivity index (χ3n) is 3.64. The Hall–Kier alpha value is -2.61. The summed E-state index contributed by atoms with van der Waals surface area (Å²) in [6.45, 7) is 0. The van der Waals surface area contributed by atoms with Crippen LogP contribution >= 0.6 is 15.9 Å². The highest BCUT2D eigenvalue weighted by Crippen LogP contribution is 2.44. The van der Waals surface area contributed by atoms with Gasteiger partial charge in [0, 0.05) is 0 Å². The first kappa shape index (κ1) is 17.2. The third kappa shape index (κ3) is 3.05. The highest BCUT2D eigenvalue weighted by atomic mass is 79.9. The molecule has 1 aromatic heterocycles. The standard InChI is InChI=1S/C17H15BrFN3O3/c1-23-12-7-9-14(16(25-3)15(12)24-2)20-8-21-17(9)22-11-6-4-5-10(18)13(11)19/h4-8H,1-3H3,(H,20,21,22). The van der Waals surface area contributed by atoms with Gasteiger partial charge in [-0.25, -0.2) is 14.4 Å². The van der Waals surface area contributed by atoms with Gasteiger partial charge >= 0.3 is 0 Å². The fourth-order valence-corrected chi connectivity index (χ4v) is 2.86. The molecular formula is C17H15BrFN3O3. The lowest BCUT2D eigenvalue weighted by molar-refractivity contribution is 0.327. The number of nitrogens with one attached hydrogen (secondary N) is 1. The van der Waals surface area contributed by atoms with Gasteiger partial charge in [0.15, 0.2) is 17.3 Å². The van der Waals surface area contributed by atoms with Gasteiger partial charge in [-0.2, -0.15) is 0 Å². The minimum absolute atomic E-state index is 0.281. The van der Waals surface area contributed by atoms with Crippen LogP contribution in [0.2, 0.25) is 0 Å². The molecule has 1 heterocycles. The predicted octanol–water partition coefficient (Wildman–Crippen LogP) is 4.30. The number of aromatic nitrogens is 2. The number of benzene rings is 2. The van der Waals surface area contributed by atoms with Crippen molar-refractivity contribution in [1.82, 2.24) is 9.97 Å². The minimum Gasteiger partial charge on any atom is -0.493 e. The van der Waals surface area contributed by atoms with Crippen molar-refractivity contribution in [2.24, 2.45) is 0 Å². The van der Waals surface area contributed by atoms with Gasteiger partial charge in [0.05, 0.1) is 36.9 Å². The monoisotopic (exact) mass is 407 g/mol. The van der Waals surface area contributed by atoms with E-state index in [1.807, 2.05) is 0 Å². The van der Waals surface area contributed by atoms with Crippen molar-refractivity contribution < 1.29 is 18.6 Å². The molecule has 0 fully saturated rings. The Bertz CT molecular complexity index is 937. The SMILES string of the molecule is COc1cc2c(Nc3cccc(Br)c3F)ncnc2c(OC)c1OC. The number of anilines is 2. The first-order valence-electron chi connectivity index (χ1n) is 7.25. The van der Waals surface area contributed by atoms with E-state index in [4.69, 9.17) is 14.2 Å². The van der Waals surface area contributed by atoms with E-state index in [9.17, 15) is 4.39 Å². The number of hydrogen-bond donors (Lipinski definition) is 1. The van der Waals surface area contributed by atoms with Crippen LogP contribution < -0.4 is 19.5 Å². The predicted molar refractivity (Wildman–Crippen MR) is 96.6 cm³/mol. The van der Waals surface area contributed by atoms with E-state index in [2.05, 4.69) is 31.2 Å². The highest BCUT2D eigenvalue weighted by molar-refractivity contribution is 9.10. The van der Waals surface area contributed by atoms with Gasteiger partial charge in [-0.15, -0.1) is 0 Å².